The van der Waals surface area contributed by atoms with Crippen molar-refractivity contribution in [2.24, 2.45) is 0 Å². The third kappa shape index (κ3) is 5.31. The summed E-state index contributed by atoms with van der Waals surface area (Å²) in [6.45, 7) is 3.84. The predicted octanol–water partition coefficient (Wildman–Crippen LogP) is 3.98. The van der Waals surface area contributed by atoms with Crippen molar-refractivity contribution in [3.63, 3.8) is 0 Å². The Morgan fingerprint density at radius 1 is 1.06 bits per heavy atom. The Balaban J connectivity index is 1.29. The van der Waals surface area contributed by atoms with E-state index in [4.69, 9.17) is 4.74 Å². The molecule has 1 saturated heterocycles. The van der Waals surface area contributed by atoms with E-state index < -0.39 is 11.9 Å². The Morgan fingerprint density at radius 3 is 2.41 bits per heavy atom. The van der Waals surface area contributed by atoms with E-state index in [1.807, 2.05) is 29.2 Å². The van der Waals surface area contributed by atoms with Gasteiger partial charge in [-0.15, -0.1) is 11.3 Å². The van der Waals surface area contributed by atoms with E-state index in [1.54, 1.807) is 18.6 Å². The second kappa shape index (κ2) is 9.33. The molecular formula is C22H23F3N4O2S. The van der Waals surface area contributed by atoms with Gasteiger partial charge in [0.25, 0.3) is 5.91 Å². The van der Waals surface area contributed by atoms with Crippen LogP contribution in [0.25, 0.3) is 0 Å². The Bertz CT molecular complexity index is 1050. The van der Waals surface area contributed by atoms with Crippen LogP contribution in [-0.4, -0.2) is 58.8 Å². The first kappa shape index (κ1) is 22.3. The molecule has 2 aromatic heterocycles. The minimum Gasteiger partial charge on any atom is -0.497 e. The Hall–Kier alpha value is -2.85. The van der Waals surface area contributed by atoms with Crippen molar-refractivity contribution in [2.45, 2.75) is 19.3 Å². The van der Waals surface area contributed by atoms with E-state index in [1.165, 1.54) is 27.8 Å². The SMILES string of the molecule is COc1ccc(CN2CCN(C(=O)c3cc(Cn4ccc(C(F)(F)F)n4)cs3)CC2)cc1. The van der Waals surface area contributed by atoms with Crippen molar-refractivity contribution < 1.29 is 22.7 Å². The molecule has 0 N–H and O–H groups in total. The molecule has 1 aliphatic rings. The number of aromatic nitrogens is 2. The Labute approximate surface area is 187 Å². The Morgan fingerprint density at radius 2 is 1.78 bits per heavy atom. The van der Waals surface area contributed by atoms with Gasteiger partial charge in [-0.25, -0.2) is 0 Å². The van der Waals surface area contributed by atoms with E-state index >= 15 is 0 Å². The zero-order valence-electron chi connectivity index (χ0n) is 17.5. The lowest BCUT2D eigenvalue weighted by atomic mass is 10.2. The number of nitrogens with zero attached hydrogens (tertiary/aromatic N) is 4. The molecule has 1 aliphatic heterocycles. The number of benzene rings is 1. The maximum atomic E-state index is 12.9. The molecule has 0 atom stereocenters. The van der Waals surface area contributed by atoms with E-state index in [0.717, 1.165) is 37.0 Å². The molecule has 0 spiro atoms. The van der Waals surface area contributed by atoms with Crippen LogP contribution in [0.15, 0.2) is 48.0 Å². The molecule has 1 aromatic carbocycles. The molecule has 1 fully saturated rings. The lowest BCUT2D eigenvalue weighted by Crippen LogP contribution is -2.48. The fraction of sp³-hybridized carbons (Fsp3) is 0.364. The van der Waals surface area contributed by atoms with Crippen molar-refractivity contribution in [1.29, 1.82) is 0 Å². The van der Waals surface area contributed by atoms with Crippen LogP contribution in [0, 0.1) is 0 Å². The van der Waals surface area contributed by atoms with Gasteiger partial charge in [0.2, 0.25) is 0 Å². The summed E-state index contributed by atoms with van der Waals surface area (Å²) in [6.07, 6.45) is -3.17. The van der Waals surface area contributed by atoms with E-state index in [2.05, 4.69) is 10.00 Å². The molecule has 32 heavy (non-hydrogen) atoms. The van der Waals surface area contributed by atoms with Crippen LogP contribution in [0.5, 0.6) is 5.75 Å². The summed E-state index contributed by atoms with van der Waals surface area (Å²) in [5.41, 5.74) is 1.03. The molecule has 4 rings (SSSR count). The second-order valence-electron chi connectivity index (χ2n) is 7.63. The van der Waals surface area contributed by atoms with Gasteiger partial charge in [-0.1, -0.05) is 12.1 Å². The number of rotatable bonds is 6. The first-order valence-electron chi connectivity index (χ1n) is 10.1. The number of methoxy groups -OCH3 is 1. The van der Waals surface area contributed by atoms with Crippen molar-refractivity contribution in [3.8, 4) is 5.75 Å². The summed E-state index contributed by atoms with van der Waals surface area (Å²) in [5, 5.41) is 5.36. The lowest BCUT2D eigenvalue weighted by molar-refractivity contribution is -0.141. The third-order valence-corrected chi connectivity index (χ3v) is 6.33. The standard InChI is InChI=1S/C22H23F3N4O2S/c1-31-18-4-2-16(3-5-18)13-27-8-10-28(11-9-27)21(30)19-12-17(15-32-19)14-29-7-6-20(26-29)22(23,24)25/h2-7,12,15H,8-11,13-14H2,1H3. The van der Waals surface area contributed by atoms with Crippen LogP contribution >= 0.6 is 11.3 Å². The molecule has 3 heterocycles. The van der Waals surface area contributed by atoms with Gasteiger partial charge in [0, 0.05) is 38.9 Å². The van der Waals surface area contributed by atoms with Crippen LogP contribution < -0.4 is 4.74 Å². The largest absolute Gasteiger partial charge is 0.497 e. The molecule has 0 aliphatic carbocycles. The smallest absolute Gasteiger partial charge is 0.435 e. The first-order valence-corrected chi connectivity index (χ1v) is 11.0. The number of hydrogen-bond acceptors (Lipinski definition) is 5. The van der Waals surface area contributed by atoms with Gasteiger partial charge >= 0.3 is 6.18 Å². The first-order chi connectivity index (χ1) is 15.3. The fourth-order valence-electron chi connectivity index (χ4n) is 3.61. The molecule has 0 bridgehead atoms. The van der Waals surface area contributed by atoms with Crippen LogP contribution in [0.4, 0.5) is 13.2 Å². The summed E-state index contributed by atoms with van der Waals surface area (Å²) in [5.74, 6) is 0.787. The van der Waals surface area contributed by atoms with E-state index in [-0.39, 0.29) is 12.5 Å². The molecular weight excluding hydrogens is 441 g/mol. The number of hydrogen-bond donors (Lipinski definition) is 0. The van der Waals surface area contributed by atoms with Crippen LogP contribution in [0.2, 0.25) is 0 Å². The zero-order chi connectivity index (χ0) is 22.7. The van der Waals surface area contributed by atoms with Crippen molar-refractivity contribution in [1.82, 2.24) is 19.6 Å². The van der Waals surface area contributed by atoms with Gasteiger partial charge in [-0.2, -0.15) is 18.3 Å². The van der Waals surface area contributed by atoms with E-state index in [0.29, 0.717) is 18.0 Å². The number of carbonyl (C=O) groups is 1. The van der Waals surface area contributed by atoms with Gasteiger partial charge in [0.1, 0.15) is 5.75 Å². The molecule has 10 heteroatoms. The lowest BCUT2D eigenvalue weighted by Gasteiger charge is -2.34. The number of amides is 1. The number of ether oxygens (including phenoxy) is 1. The predicted molar refractivity (Wildman–Crippen MR) is 115 cm³/mol. The van der Waals surface area contributed by atoms with E-state index in [9.17, 15) is 18.0 Å². The minimum absolute atomic E-state index is 0.0400. The number of halogens is 3. The van der Waals surface area contributed by atoms with Crippen LogP contribution in [0.1, 0.15) is 26.5 Å². The summed E-state index contributed by atoms with van der Waals surface area (Å²) in [4.78, 5) is 17.6. The average molecular weight is 465 g/mol. The van der Waals surface area contributed by atoms with Gasteiger partial charge in [0.15, 0.2) is 5.69 Å². The topological polar surface area (TPSA) is 50.6 Å². The third-order valence-electron chi connectivity index (χ3n) is 5.36. The van der Waals surface area contributed by atoms with Crippen LogP contribution in [-0.2, 0) is 19.3 Å². The summed E-state index contributed by atoms with van der Waals surface area (Å²) >= 11 is 1.31. The highest BCUT2D eigenvalue weighted by molar-refractivity contribution is 7.12. The normalized spacial score (nSPS) is 15.2. The van der Waals surface area contributed by atoms with Gasteiger partial charge < -0.3 is 9.64 Å². The second-order valence-corrected chi connectivity index (χ2v) is 8.54. The molecule has 3 aromatic rings. The zero-order valence-corrected chi connectivity index (χ0v) is 18.3. The summed E-state index contributed by atoms with van der Waals surface area (Å²) in [6, 6.07) is 10.7. The molecule has 1 amide bonds. The van der Waals surface area contributed by atoms with Crippen molar-refractivity contribution >= 4 is 17.2 Å². The van der Waals surface area contributed by atoms with Gasteiger partial charge in [0.05, 0.1) is 18.5 Å². The summed E-state index contributed by atoms with van der Waals surface area (Å²) in [7, 11) is 1.64. The number of alkyl halides is 3. The highest BCUT2D eigenvalue weighted by Gasteiger charge is 2.33. The monoisotopic (exact) mass is 464 g/mol. The number of thiophene rings is 1. The number of piperazine rings is 1. The van der Waals surface area contributed by atoms with Gasteiger partial charge in [-0.05, 0) is 40.8 Å². The summed E-state index contributed by atoms with van der Waals surface area (Å²) < 4.78 is 44.5. The van der Waals surface area contributed by atoms with Gasteiger partial charge in [-0.3, -0.25) is 14.4 Å². The average Bonchev–Trinajstić information content (AvgIpc) is 3.44. The quantitative estimate of drug-likeness (QED) is 0.554. The van der Waals surface area contributed by atoms with Crippen molar-refractivity contribution in [3.05, 3.63) is 69.7 Å². The molecule has 6 nitrogen and oxygen atoms in total. The molecule has 0 saturated carbocycles. The minimum atomic E-state index is -4.46. The number of carbonyl (C=O) groups excluding carboxylic acids is 1. The molecule has 0 unspecified atom stereocenters. The maximum absolute atomic E-state index is 12.9. The maximum Gasteiger partial charge on any atom is 0.435 e. The highest BCUT2D eigenvalue weighted by Crippen LogP contribution is 2.27. The Kier molecular flexibility index (Phi) is 6.52. The molecule has 0 radical (unpaired) electrons. The van der Waals surface area contributed by atoms with Crippen LogP contribution in [0.3, 0.4) is 0 Å². The fourth-order valence-corrected chi connectivity index (χ4v) is 4.48. The highest BCUT2D eigenvalue weighted by atomic mass is 32.1. The van der Waals surface area contributed by atoms with Crippen molar-refractivity contribution in [2.75, 3.05) is 33.3 Å². The molecule has 170 valence electrons.